The summed E-state index contributed by atoms with van der Waals surface area (Å²) in [6, 6.07) is 8.80. The zero-order valence-electron chi connectivity index (χ0n) is 12.0. The lowest BCUT2D eigenvalue weighted by molar-refractivity contribution is -0.387. The smallest absolute Gasteiger partial charge is 0.306 e. The lowest BCUT2D eigenvalue weighted by atomic mass is 10.2. The summed E-state index contributed by atoms with van der Waals surface area (Å²) in [5.74, 6) is -1.74. The molecule has 2 aromatic carbocycles. The number of hydrogen-bond acceptors (Lipinski definition) is 4. The van der Waals surface area contributed by atoms with Crippen molar-refractivity contribution in [2.45, 2.75) is 17.1 Å². The fourth-order valence-electron chi connectivity index (χ4n) is 1.75. The summed E-state index contributed by atoms with van der Waals surface area (Å²) in [4.78, 5) is 22.6. The maximum absolute atomic E-state index is 13.2. The molecule has 0 fully saturated rings. The van der Waals surface area contributed by atoms with Gasteiger partial charge in [0.25, 0.3) is 0 Å². The fourth-order valence-corrected chi connectivity index (χ4v) is 2.61. The van der Waals surface area contributed by atoms with Crippen molar-refractivity contribution in [3.05, 3.63) is 64.2 Å². The highest BCUT2D eigenvalue weighted by molar-refractivity contribution is 8.00. The Kier molecular flexibility index (Phi) is 5.28. The first kappa shape index (κ1) is 16.9. The van der Waals surface area contributed by atoms with Gasteiger partial charge < -0.3 is 5.32 Å². The van der Waals surface area contributed by atoms with Crippen molar-refractivity contribution in [1.82, 2.24) is 0 Å². The Bertz CT molecular complexity index is 738. The monoisotopic (exact) mass is 338 g/mol. The topological polar surface area (TPSA) is 72.2 Å². The first-order valence-electron chi connectivity index (χ1n) is 6.54. The molecule has 2 rings (SSSR count). The number of rotatable bonds is 5. The number of nitrogens with zero attached hydrogens (tertiary/aromatic N) is 1. The second-order valence-corrected chi connectivity index (χ2v) is 6.04. The zero-order chi connectivity index (χ0) is 17.0. The molecule has 1 N–H and O–H groups in total. The third kappa shape index (κ3) is 4.49. The van der Waals surface area contributed by atoms with Gasteiger partial charge in [0.1, 0.15) is 5.82 Å². The minimum atomic E-state index is -0.971. The van der Waals surface area contributed by atoms with Gasteiger partial charge in [-0.2, -0.15) is 4.39 Å². The molecule has 0 heterocycles. The molecular weight excluding hydrogens is 326 g/mol. The van der Waals surface area contributed by atoms with Crippen LogP contribution in [0, 0.1) is 21.7 Å². The van der Waals surface area contributed by atoms with Crippen molar-refractivity contribution in [3.63, 3.8) is 0 Å². The Morgan fingerprint density at radius 2 is 1.87 bits per heavy atom. The van der Waals surface area contributed by atoms with Gasteiger partial charge >= 0.3 is 5.69 Å². The Labute approximate surface area is 134 Å². The molecule has 23 heavy (non-hydrogen) atoms. The van der Waals surface area contributed by atoms with E-state index < -0.39 is 27.6 Å². The van der Waals surface area contributed by atoms with E-state index in [0.717, 1.165) is 12.1 Å². The molecule has 0 aromatic heterocycles. The number of amides is 1. The SMILES string of the molecule is C[C@H](Sc1ccc(F)cc1)C(=O)Nc1ccc(F)c([N+](=O)[O-])c1. The van der Waals surface area contributed by atoms with Crippen molar-refractivity contribution in [1.29, 1.82) is 0 Å². The lowest BCUT2D eigenvalue weighted by Gasteiger charge is -2.12. The predicted octanol–water partition coefficient (Wildman–Crippen LogP) is 3.99. The van der Waals surface area contributed by atoms with E-state index in [2.05, 4.69) is 5.32 Å². The molecule has 120 valence electrons. The number of nitro groups is 1. The van der Waals surface area contributed by atoms with E-state index in [0.29, 0.717) is 4.90 Å². The molecule has 1 atom stereocenters. The van der Waals surface area contributed by atoms with E-state index >= 15 is 0 Å². The average molecular weight is 338 g/mol. The van der Waals surface area contributed by atoms with Crippen LogP contribution in [0.25, 0.3) is 0 Å². The van der Waals surface area contributed by atoms with Gasteiger partial charge in [-0.05, 0) is 43.3 Å². The number of carbonyl (C=O) groups excluding carboxylic acids is 1. The van der Waals surface area contributed by atoms with E-state index in [-0.39, 0.29) is 11.5 Å². The van der Waals surface area contributed by atoms with Crippen LogP contribution in [0.3, 0.4) is 0 Å². The lowest BCUT2D eigenvalue weighted by Crippen LogP contribution is -2.22. The van der Waals surface area contributed by atoms with Crippen molar-refractivity contribution >= 4 is 29.0 Å². The average Bonchev–Trinajstić information content (AvgIpc) is 2.51. The normalized spacial score (nSPS) is 11.8. The van der Waals surface area contributed by atoms with Gasteiger partial charge in [-0.15, -0.1) is 11.8 Å². The van der Waals surface area contributed by atoms with Gasteiger partial charge in [-0.25, -0.2) is 4.39 Å². The summed E-state index contributed by atoms with van der Waals surface area (Å²) in [5.41, 5.74) is -0.573. The number of carbonyl (C=O) groups is 1. The van der Waals surface area contributed by atoms with E-state index in [1.54, 1.807) is 19.1 Å². The summed E-state index contributed by atoms with van der Waals surface area (Å²) >= 11 is 1.21. The molecule has 0 aliphatic carbocycles. The van der Waals surface area contributed by atoms with Gasteiger partial charge in [0.2, 0.25) is 11.7 Å². The largest absolute Gasteiger partial charge is 0.325 e. The summed E-state index contributed by atoms with van der Waals surface area (Å²) in [7, 11) is 0. The maximum Gasteiger partial charge on any atom is 0.306 e. The van der Waals surface area contributed by atoms with E-state index in [1.165, 1.54) is 30.0 Å². The Hall–Kier alpha value is -2.48. The van der Waals surface area contributed by atoms with Crippen LogP contribution in [0.1, 0.15) is 6.92 Å². The first-order valence-corrected chi connectivity index (χ1v) is 7.42. The molecular formula is C15H12F2N2O3S. The van der Waals surface area contributed by atoms with Crippen LogP contribution in [0.5, 0.6) is 0 Å². The number of nitrogens with one attached hydrogen (secondary N) is 1. The molecule has 0 saturated heterocycles. The number of anilines is 1. The van der Waals surface area contributed by atoms with E-state index in [9.17, 15) is 23.7 Å². The summed E-state index contributed by atoms with van der Waals surface area (Å²) in [5, 5.41) is 12.6. The van der Waals surface area contributed by atoms with Crippen LogP contribution >= 0.6 is 11.8 Å². The van der Waals surface area contributed by atoms with Gasteiger partial charge in [0.05, 0.1) is 10.2 Å². The van der Waals surface area contributed by atoms with Crippen LogP contribution in [0.2, 0.25) is 0 Å². The van der Waals surface area contributed by atoms with Gasteiger partial charge in [-0.3, -0.25) is 14.9 Å². The molecule has 0 aliphatic rings. The Balaban J connectivity index is 2.04. The summed E-state index contributed by atoms with van der Waals surface area (Å²) < 4.78 is 26.1. The minimum Gasteiger partial charge on any atom is -0.325 e. The van der Waals surface area contributed by atoms with Gasteiger partial charge in [0.15, 0.2) is 0 Å². The van der Waals surface area contributed by atoms with Crippen molar-refractivity contribution < 1.29 is 18.5 Å². The molecule has 8 heteroatoms. The molecule has 0 saturated carbocycles. The van der Waals surface area contributed by atoms with Crippen LogP contribution in [0.4, 0.5) is 20.2 Å². The second-order valence-electron chi connectivity index (χ2n) is 4.63. The molecule has 5 nitrogen and oxygen atoms in total. The van der Waals surface area contributed by atoms with E-state index in [4.69, 9.17) is 0 Å². The second kappa shape index (κ2) is 7.19. The third-order valence-corrected chi connectivity index (χ3v) is 4.02. The number of halogens is 2. The molecule has 0 radical (unpaired) electrons. The van der Waals surface area contributed by atoms with E-state index in [1.807, 2.05) is 0 Å². The first-order chi connectivity index (χ1) is 10.9. The highest BCUT2D eigenvalue weighted by atomic mass is 32.2. The molecule has 0 aliphatic heterocycles. The van der Waals surface area contributed by atoms with Crippen molar-refractivity contribution in [2.75, 3.05) is 5.32 Å². The maximum atomic E-state index is 13.2. The van der Waals surface area contributed by atoms with Crippen molar-refractivity contribution in [3.8, 4) is 0 Å². The molecule has 0 unspecified atom stereocenters. The van der Waals surface area contributed by atoms with Crippen LogP contribution in [-0.2, 0) is 4.79 Å². The summed E-state index contributed by atoms with van der Waals surface area (Å²) in [6.45, 7) is 1.64. The number of hydrogen-bond donors (Lipinski definition) is 1. The highest BCUT2D eigenvalue weighted by Crippen LogP contribution is 2.26. The van der Waals surface area contributed by atoms with Crippen molar-refractivity contribution in [2.24, 2.45) is 0 Å². The zero-order valence-corrected chi connectivity index (χ0v) is 12.8. The highest BCUT2D eigenvalue weighted by Gasteiger charge is 2.18. The quantitative estimate of drug-likeness (QED) is 0.508. The fraction of sp³-hybridized carbons (Fsp3) is 0.133. The van der Waals surface area contributed by atoms with Crippen LogP contribution < -0.4 is 5.32 Å². The van der Waals surface area contributed by atoms with Crippen LogP contribution in [-0.4, -0.2) is 16.1 Å². The predicted molar refractivity (Wildman–Crippen MR) is 83.4 cm³/mol. The Morgan fingerprint density at radius 1 is 1.22 bits per heavy atom. The molecule has 0 bridgehead atoms. The molecule has 1 amide bonds. The Morgan fingerprint density at radius 3 is 2.48 bits per heavy atom. The molecule has 2 aromatic rings. The summed E-state index contributed by atoms with van der Waals surface area (Å²) in [6.07, 6.45) is 0. The minimum absolute atomic E-state index is 0.134. The third-order valence-electron chi connectivity index (χ3n) is 2.91. The number of benzene rings is 2. The number of nitro benzene ring substituents is 1. The molecule has 0 spiro atoms. The van der Waals surface area contributed by atoms with Gasteiger partial charge in [0, 0.05) is 16.6 Å². The number of thioether (sulfide) groups is 1. The van der Waals surface area contributed by atoms with Gasteiger partial charge in [-0.1, -0.05) is 0 Å². The standard InChI is InChI=1S/C15H12F2N2O3S/c1-9(23-12-5-2-10(16)3-6-12)15(20)18-11-4-7-13(17)14(8-11)19(21)22/h2-9H,1H3,(H,18,20)/t9-/m0/s1. The van der Waals surface area contributed by atoms with Crippen LogP contribution in [0.15, 0.2) is 47.4 Å².